The smallest absolute Gasteiger partial charge is 0.263 e. The van der Waals surface area contributed by atoms with E-state index in [1.165, 1.54) is 12.0 Å². The van der Waals surface area contributed by atoms with Gasteiger partial charge in [-0.05, 0) is 56.0 Å². The molecule has 2 heterocycles. The van der Waals surface area contributed by atoms with Gasteiger partial charge < -0.3 is 4.74 Å². The molecule has 2 aliphatic rings. The van der Waals surface area contributed by atoms with Crippen molar-refractivity contribution in [2.24, 2.45) is 0 Å². The first-order chi connectivity index (χ1) is 17.5. The Bertz CT molecular complexity index is 1530. The van der Waals surface area contributed by atoms with Crippen molar-refractivity contribution < 1.29 is 4.74 Å². The number of thioether (sulfide) groups is 1. The highest BCUT2D eigenvalue weighted by atomic mass is 32.2. The van der Waals surface area contributed by atoms with Crippen LogP contribution >= 0.6 is 11.8 Å². The van der Waals surface area contributed by atoms with E-state index < -0.39 is 0 Å². The summed E-state index contributed by atoms with van der Waals surface area (Å²) in [7, 11) is 1.65. The van der Waals surface area contributed by atoms with E-state index in [1.54, 1.807) is 23.4 Å². The molecule has 1 spiro atoms. The Hall–Kier alpha value is -3.32. The van der Waals surface area contributed by atoms with Crippen LogP contribution in [0.3, 0.4) is 0 Å². The summed E-state index contributed by atoms with van der Waals surface area (Å²) in [5.74, 6) is 2.03. The fraction of sp³-hybridized carbons (Fsp3) is 0.345. The minimum absolute atomic E-state index is 0.0166. The molecule has 4 aromatic rings. The van der Waals surface area contributed by atoms with E-state index >= 15 is 0 Å². The summed E-state index contributed by atoms with van der Waals surface area (Å²) in [6.45, 7) is 6.10. The molecule has 6 nitrogen and oxygen atoms in total. The number of nitrogens with zero attached hydrogens (tertiary/aromatic N) is 4. The normalized spacial score (nSPS) is 16.1. The van der Waals surface area contributed by atoms with Gasteiger partial charge in [0.15, 0.2) is 5.16 Å². The zero-order chi connectivity index (χ0) is 24.9. The number of aromatic nitrogens is 4. The number of fused-ring (bicyclic) bond motifs is 6. The predicted octanol–water partition coefficient (Wildman–Crippen LogP) is 5.98. The van der Waals surface area contributed by atoms with Gasteiger partial charge in [-0.25, -0.2) is 4.57 Å². The molecule has 1 fully saturated rings. The summed E-state index contributed by atoms with van der Waals surface area (Å²) in [6.07, 6.45) is 6.44. The second kappa shape index (κ2) is 8.96. The van der Waals surface area contributed by atoms with Crippen molar-refractivity contribution in [3.63, 3.8) is 0 Å². The van der Waals surface area contributed by atoms with Crippen LogP contribution in [0.4, 0.5) is 0 Å². The standard InChI is InChI=1S/C29H30N4O2S/c1-19(2)18-36-28-31-30-27-32(21-11-13-22(35-3)14-12-21)26(34)24-25(33(27)28)23-10-6-5-9-20(23)17-29(24)15-7-4-8-16-29/h5-6,9-14H,1,4,7-8,15-18H2,2-3H3. The maximum Gasteiger partial charge on any atom is 0.263 e. The second-order valence-electron chi connectivity index (χ2n) is 10.1. The Morgan fingerprint density at radius 2 is 1.83 bits per heavy atom. The number of benzene rings is 2. The maximum absolute atomic E-state index is 14.6. The molecule has 6 rings (SSSR count). The lowest BCUT2D eigenvalue weighted by atomic mass is 9.62. The fourth-order valence-electron chi connectivity index (χ4n) is 6.01. The van der Waals surface area contributed by atoms with Crippen molar-refractivity contribution in [1.82, 2.24) is 19.2 Å². The van der Waals surface area contributed by atoms with Crippen molar-refractivity contribution in [3.8, 4) is 22.7 Å². The third-order valence-corrected chi connectivity index (χ3v) is 8.77. The molecule has 1 saturated carbocycles. The van der Waals surface area contributed by atoms with Crippen LogP contribution in [0.15, 0.2) is 70.6 Å². The number of hydrogen-bond donors (Lipinski definition) is 0. The zero-order valence-electron chi connectivity index (χ0n) is 20.8. The maximum atomic E-state index is 14.6. The van der Waals surface area contributed by atoms with Gasteiger partial charge in [0.2, 0.25) is 5.78 Å². The molecular formula is C29H30N4O2S. The quantitative estimate of drug-likeness (QED) is 0.250. The highest BCUT2D eigenvalue weighted by Crippen LogP contribution is 2.49. The molecule has 7 heteroatoms. The van der Waals surface area contributed by atoms with E-state index in [4.69, 9.17) is 4.74 Å². The van der Waals surface area contributed by atoms with Crippen LogP contribution < -0.4 is 10.3 Å². The van der Waals surface area contributed by atoms with Crippen molar-refractivity contribution in [3.05, 3.63) is 82.2 Å². The summed E-state index contributed by atoms with van der Waals surface area (Å²) in [5, 5.41) is 9.96. The molecule has 36 heavy (non-hydrogen) atoms. The number of methoxy groups -OCH3 is 1. The van der Waals surface area contributed by atoms with Crippen molar-refractivity contribution in [2.45, 2.75) is 56.0 Å². The number of ether oxygens (including phenoxy) is 1. The molecule has 0 amide bonds. The Morgan fingerprint density at radius 3 is 2.56 bits per heavy atom. The van der Waals surface area contributed by atoms with Crippen LogP contribution in [0, 0.1) is 0 Å². The van der Waals surface area contributed by atoms with Crippen molar-refractivity contribution in [2.75, 3.05) is 12.9 Å². The Balaban J connectivity index is 1.73. The Morgan fingerprint density at radius 1 is 1.08 bits per heavy atom. The number of rotatable bonds is 5. The van der Waals surface area contributed by atoms with Gasteiger partial charge >= 0.3 is 0 Å². The van der Waals surface area contributed by atoms with Crippen LogP contribution in [-0.4, -0.2) is 32.0 Å². The Labute approximate surface area is 215 Å². The lowest BCUT2D eigenvalue weighted by molar-refractivity contribution is 0.284. The molecule has 2 aliphatic carbocycles. The Kier molecular flexibility index (Phi) is 5.75. The molecule has 2 aromatic carbocycles. The van der Waals surface area contributed by atoms with Gasteiger partial charge in [0.05, 0.1) is 18.5 Å². The summed E-state index contributed by atoms with van der Waals surface area (Å²) < 4.78 is 9.25. The van der Waals surface area contributed by atoms with E-state index in [1.807, 2.05) is 31.2 Å². The first kappa shape index (κ1) is 23.1. The van der Waals surface area contributed by atoms with Gasteiger partial charge in [-0.2, -0.15) is 0 Å². The van der Waals surface area contributed by atoms with Gasteiger partial charge in [-0.15, -0.1) is 10.2 Å². The van der Waals surface area contributed by atoms with Gasteiger partial charge in [-0.3, -0.25) is 9.20 Å². The lowest BCUT2D eigenvalue weighted by Crippen LogP contribution is -2.43. The van der Waals surface area contributed by atoms with Crippen molar-refractivity contribution >= 4 is 17.5 Å². The largest absolute Gasteiger partial charge is 0.497 e. The van der Waals surface area contributed by atoms with E-state index in [0.29, 0.717) is 5.78 Å². The van der Waals surface area contributed by atoms with Gasteiger partial charge in [0.25, 0.3) is 5.56 Å². The molecule has 0 bridgehead atoms. The molecule has 0 atom stereocenters. The minimum atomic E-state index is -0.179. The molecule has 0 unspecified atom stereocenters. The molecular weight excluding hydrogens is 468 g/mol. The second-order valence-corrected chi connectivity index (χ2v) is 11.0. The van der Waals surface area contributed by atoms with Gasteiger partial charge in [0, 0.05) is 22.3 Å². The monoisotopic (exact) mass is 498 g/mol. The average Bonchev–Trinajstić information content (AvgIpc) is 3.31. The van der Waals surface area contributed by atoms with Crippen LogP contribution in [0.5, 0.6) is 5.75 Å². The minimum Gasteiger partial charge on any atom is -0.497 e. The number of hydrogen-bond acceptors (Lipinski definition) is 5. The van der Waals surface area contributed by atoms with Crippen LogP contribution in [0.2, 0.25) is 0 Å². The first-order valence-electron chi connectivity index (χ1n) is 12.6. The highest BCUT2D eigenvalue weighted by Gasteiger charge is 2.44. The van der Waals surface area contributed by atoms with E-state index in [0.717, 1.165) is 76.8 Å². The van der Waals surface area contributed by atoms with E-state index in [-0.39, 0.29) is 11.0 Å². The third-order valence-electron chi connectivity index (χ3n) is 7.61. The molecule has 0 saturated heterocycles. The SMILES string of the molecule is C=C(C)CSc1nnc2n(-c3ccc(OC)cc3)c(=O)c3c(n12)-c1ccccc1CC31CCCCC1. The van der Waals surface area contributed by atoms with Gasteiger partial charge in [-0.1, -0.05) is 67.4 Å². The lowest BCUT2D eigenvalue weighted by Gasteiger charge is -2.42. The predicted molar refractivity (Wildman–Crippen MR) is 145 cm³/mol. The van der Waals surface area contributed by atoms with Crippen LogP contribution in [0.1, 0.15) is 50.2 Å². The third kappa shape index (κ3) is 3.60. The highest BCUT2D eigenvalue weighted by molar-refractivity contribution is 7.99. The zero-order valence-corrected chi connectivity index (χ0v) is 21.6. The molecule has 0 N–H and O–H groups in total. The molecule has 2 aromatic heterocycles. The van der Waals surface area contributed by atoms with Crippen LogP contribution in [-0.2, 0) is 11.8 Å². The van der Waals surface area contributed by atoms with Crippen LogP contribution in [0.25, 0.3) is 22.7 Å². The fourth-order valence-corrected chi connectivity index (χ4v) is 6.79. The molecule has 0 radical (unpaired) electrons. The summed E-state index contributed by atoms with van der Waals surface area (Å²) in [6, 6.07) is 16.2. The summed E-state index contributed by atoms with van der Waals surface area (Å²) in [5.41, 5.74) is 5.98. The average molecular weight is 499 g/mol. The van der Waals surface area contributed by atoms with Crippen molar-refractivity contribution in [1.29, 1.82) is 0 Å². The topological polar surface area (TPSA) is 61.4 Å². The molecule has 0 aliphatic heterocycles. The van der Waals surface area contributed by atoms with Gasteiger partial charge in [0.1, 0.15) is 5.75 Å². The summed E-state index contributed by atoms with van der Waals surface area (Å²) >= 11 is 1.62. The molecule has 184 valence electrons. The van der Waals surface area contributed by atoms with E-state index in [2.05, 4.69) is 45.4 Å². The summed E-state index contributed by atoms with van der Waals surface area (Å²) in [4.78, 5) is 14.6. The first-order valence-corrected chi connectivity index (χ1v) is 13.6. The van der Waals surface area contributed by atoms with E-state index in [9.17, 15) is 4.79 Å².